The zero-order valence-corrected chi connectivity index (χ0v) is 41.2. The van der Waals surface area contributed by atoms with Crippen LogP contribution in [0, 0.1) is 0 Å². The van der Waals surface area contributed by atoms with Crippen molar-refractivity contribution in [1.29, 1.82) is 0 Å². The first-order chi connectivity index (χ1) is 32.4. The van der Waals surface area contributed by atoms with Crippen LogP contribution in [0.2, 0.25) is 0 Å². The molecule has 2 aromatic heterocycles. The Morgan fingerprint density at radius 1 is 0.750 bits per heavy atom. The number of amides is 1. The number of fused-ring (bicyclic) bond motifs is 3. The lowest BCUT2D eigenvalue weighted by molar-refractivity contribution is -0.0354. The topological polar surface area (TPSA) is 148 Å². The summed E-state index contributed by atoms with van der Waals surface area (Å²) in [5, 5.41) is 4.89. The maximum Gasteiger partial charge on any atom is 0.425 e. The minimum absolute atomic E-state index is 0.182. The normalized spacial score (nSPS) is 12.5. The highest BCUT2D eigenvalue weighted by atomic mass is 32.2. The van der Waals surface area contributed by atoms with Crippen molar-refractivity contribution in [1.82, 2.24) is 23.7 Å². The molecule has 0 atom stereocenters. The van der Waals surface area contributed by atoms with Crippen LogP contribution in [0.3, 0.4) is 0 Å². The monoisotopic (exact) mass is 940 g/mol. The summed E-state index contributed by atoms with van der Waals surface area (Å²) < 4.78 is 54.8. The molecule has 0 aliphatic rings. The smallest absolute Gasteiger partial charge is 0.425 e. The fourth-order valence-corrected chi connectivity index (χ4v) is 9.00. The second kappa shape index (κ2) is 21.0. The van der Waals surface area contributed by atoms with Gasteiger partial charge in [-0.2, -0.15) is 12.7 Å². The molecule has 0 saturated heterocycles. The number of aromatic nitrogens is 3. The van der Waals surface area contributed by atoms with E-state index in [1.54, 1.807) is 20.8 Å². The maximum absolute atomic E-state index is 12.9. The van der Waals surface area contributed by atoms with Crippen LogP contribution in [-0.4, -0.2) is 94.4 Å². The van der Waals surface area contributed by atoms with Crippen molar-refractivity contribution >= 4 is 44.2 Å². The third-order valence-corrected chi connectivity index (χ3v) is 12.6. The molecule has 68 heavy (non-hydrogen) atoms. The average molecular weight is 941 g/mol. The minimum Gasteiger partial charge on any atom is -0.443 e. The van der Waals surface area contributed by atoms with Crippen LogP contribution >= 0.6 is 0 Å². The Kier molecular flexibility index (Phi) is 15.4. The van der Waals surface area contributed by atoms with Gasteiger partial charge in [0.2, 0.25) is 0 Å². The van der Waals surface area contributed by atoms with Gasteiger partial charge in [0.15, 0.2) is 5.82 Å². The number of hydrogen-bond acceptors (Lipinski definition) is 10. The van der Waals surface area contributed by atoms with Crippen molar-refractivity contribution < 1.29 is 32.0 Å². The van der Waals surface area contributed by atoms with Crippen LogP contribution in [-0.2, 0) is 56.0 Å². The molecular weight excluding hydrogens is 877 g/mol. The van der Waals surface area contributed by atoms with Gasteiger partial charge in [-0.3, -0.25) is 4.55 Å². The van der Waals surface area contributed by atoms with Gasteiger partial charge >= 0.3 is 16.4 Å². The summed E-state index contributed by atoms with van der Waals surface area (Å²) >= 11 is 0. The van der Waals surface area contributed by atoms with E-state index in [-0.39, 0.29) is 24.1 Å². The molecule has 7 aromatic rings. The molecule has 2 heterocycles. The van der Waals surface area contributed by atoms with E-state index in [0.29, 0.717) is 30.2 Å². The van der Waals surface area contributed by atoms with Gasteiger partial charge in [-0.25, -0.2) is 14.8 Å². The predicted octanol–water partition coefficient (Wildman–Crippen LogP) is 10.1. The Morgan fingerprint density at radius 3 is 1.84 bits per heavy atom. The van der Waals surface area contributed by atoms with Gasteiger partial charge in [0.1, 0.15) is 29.1 Å². The van der Waals surface area contributed by atoms with E-state index in [1.807, 2.05) is 75.4 Å². The van der Waals surface area contributed by atoms with Gasteiger partial charge in [-0.15, -0.1) is 0 Å². The second-order valence-electron chi connectivity index (χ2n) is 18.9. The average Bonchev–Trinajstić information content (AvgIpc) is 3.65. The van der Waals surface area contributed by atoms with E-state index in [1.165, 1.54) is 11.1 Å². The quantitative estimate of drug-likeness (QED) is 0.0556. The lowest BCUT2D eigenvalue weighted by Crippen LogP contribution is -2.43. The highest BCUT2D eigenvalue weighted by Gasteiger charge is 2.38. The SMILES string of the molecule is CCOCc1nc2c(NC(c3ccccc3)(c3ccccc3)c3ccccc3)nc3cc(Cc4ccc(CCN(C)C)cc4)ccc3c2n1CC(C)(C)OCCN(C(=O)OC(C)(C)C)S(=O)(=O)O. The van der Waals surface area contributed by atoms with E-state index < -0.39 is 39.7 Å². The predicted molar refractivity (Wildman–Crippen MR) is 269 cm³/mol. The molecule has 14 heteroatoms. The molecule has 0 bridgehead atoms. The van der Waals surface area contributed by atoms with Crippen LogP contribution in [0.5, 0.6) is 0 Å². The summed E-state index contributed by atoms with van der Waals surface area (Å²) in [6.45, 7) is 11.7. The van der Waals surface area contributed by atoms with Gasteiger partial charge in [0.05, 0.1) is 36.3 Å². The Labute approximate surface area is 401 Å². The molecule has 0 saturated carbocycles. The summed E-state index contributed by atoms with van der Waals surface area (Å²) in [6, 6.07) is 46.3. The molecular formula is C54H64N6O7S. The fourth-order valence-electron chi connectivity index (χ4n) is 8.47. The highest BCUT2D eigenvalue weighted by molar-refractivity contribution is 7.83. The molecule has 0 aliphatic carbocycles. The molecule has 358 valence electrons. The summed E-state index contributed by atoms with van der Waals surface area (Å²) in [7, 11) is -0.782. The van der Waals surface area contributed by atoms with Gasteiger partial charge in [0.25, 0.3) is 0 Å². The lowest BCUT2D eigenvalue weighted by Gasteiger charge is -2.37. The van der Waals surface area contributed by atoms with Gasteiger partial charge in [-0.1, -0.05) is 127 Å². The number of carbonyl (C=O) groups excluding carboxylic acids is 1. The van der Waals surface area contributed by atoms with Crippen LogP contribution in [0.1, 0.15) is 80.7 Å². The van der Waals surface area contributed by atoms with E-state index in [2.05, 4.69) is 108 Å². The molecule has 0 radical (unpaired) electrons. The molecule has 0 spiro atoms. The molecule has 0 unspecified atom stereocenters. The van der Waals surface area contributed by atoms with E-state index in [4.69, 9.17) is 24.2 Å². The first-order valence-corrected chi connectivity index (χ1v) is 24.5. The molecule has 7 rings (SSSR count). The number of pyridine rings is 1. The number of anilines is 1. The third kappa shape index (κ3) is 11.9. The Morgan fingerprint density at radius 2 is 1.31 bits per heavy atom. The molecule has 1 amide bonds. The van der Waals surface area contributed by atoms with Crippen molar-refractivity contribution in [2.24, 2.45) is 0 Å². The minimum atomic E-state index is -4.95. The number of nitrogens with zero attached hydrogens (tertiary/aromatic N) is 5. The number of imidazole rings is 1. The summed E-state index contributed by atoms with van der Waals surface area (Å²) in [5.41, 5.74) is 5.87. The maximum atomic E-state index is 12.9. The molecule has 0 aliphatic heterocycles. The van der Waals surface area contributed by atoms with Gasteiger partial charge in [-0.05, 0) is 108 Å². The van der Waals surface area contributed by atoms with Crippen molar-refractivity contribution in [2.75, 3.05) is 45.7 Å². The number of carbonyl (C=O) groups is 1. The highest BCUT2D eigenvalue weighted by Crippen LogP contribution is 2.42. The molecule has 5 aromatic carbocycles. The first-order valence-electron chi connectivity index (χ1n) is 23.1. The standard InChI is InChI=1S/C54H64N6O7S/c1-9-65-37-47-56-48-49(59(47)38-53(5,6)66-34-33-60(68(62,63)64)51(61)67-52(2,3)4)45-30-29-41(35-40-27-25-39(26-28-40)31-32-58(7)8)36-46(45)55-50(48)57-54(42-19-13-10-14-20-42,43-21-15-11-16-22-43)44-23-17-12-18-24-44/h10-30,36H,9,31-35,37-38H2,1-8H3,(H,55,57)(H,62,63,64). The number of nitrogens with one attached hydrogen (secondary N) is 1. The van der Waals surface area contributed by atoms with Gasteiger partial charge < -0.3 is 29.0 Å². The Hall–Kier alpha value is -6.16. The van der Waals surface area contributed by atoms with Crippen molar-refractivity contribution in [3.63, 3.8) is 0 Å². The van der Waals surface area contributed by atoms with Crippen molar-refractivity contribution in [2.45, 2.75) is 84.3 Å². The molecule has 2 N–H and O–H groups in total. The number of likely N-dealkylation sites (N-methyl/N-ethyl adjacent to an activating group) is 1. The zero-order valence-electron chi connectivity index (χ0n) is 40.4. The van der Waals surface area contributed by atoms with Crippen LogP contribution < -0.4 is 5.32 Å². The van der Waals surface area contributed by atoms with Crippen LogP contribution in [0.15, 0.2) is 133 Å². The van der Waals surface area contributed by atoms with Gasteiger partial charge in [0, 0.05) is 18.5 Å². The zero-order chi connectivity index (χ0) is 48.7. The van der Waals surface area contributed by atoms with E-state index in [9.17, 15) is 17.8 Å². The van der Waals surface area contributed by atoms with Crippen molar-refractivity contribution in [3.05, 3.63) is 173 Å². The summed E-state index contributed by atoms with van der Waals surface area (Å²) in [5.74, 6) is 1.19. The molecule has 13 nitrogen and oxygen atoms in total. The summed E-state index contributed by atoms with van der Waals surface area (Å²) in [6.07, 6.45) is 0.480. The third-order valence-electron chi connectivity index (χ3n) is 11.7. The number of ether oxygens (including phenoxy) is 3. The van der Waals surface area contributed by atoms with E-state index >= 15 is 0 Å². The number of hydrogen-bond donors (Lipinski definition) is 2. The van der Waals surface area contributed by atoms with Crippen LogP contribution in [0.4, 0.5) is 10.6 Å². The number of benzene rings is 5. The van der Waals surface area contributed by atoms with Crippen LogP contribution in [0.25, 0.3) is 21.9 Å². The Balaban J connectivity index is 1.38. The first kappa shape index (κ1) is 49.7. The number of rotatable bonds is 20. The van der Waals surface area contributed by atoms with Crippen molar-refractivity contribution in [3.8, 4) is 0 Å². The second-order valence-corrected chi connectivity index (χ2v) is 20.3. The lowest BCUT2D eigenvalue weighted by atomic mass is 9.77. The summed E-state index contributed by atoms with van der Waals surface area (Å²) in [4.78, 5) is 25.9. The fraction of sp³-hybridized carbons (Fsp3) is 0.352. The Bertz CT molecular complexity index is 2810. The molecule has 0 fully saturated rings. The largest absolute Gasteiger partial charge is 0.443 e. The van der Waals surface area contributed by atoms with E-state index in [0.717, 1.165) is 51.6 Å².